The second-order valence-corrected chi connectivity index (χ2v) is 7.06. The minimum atomic E-state index is -4.35. The molecule has 0 N–H and O–H groups in total. The average Bonchev–Trinajstić information content (AvgIpc) is 3.03. The lowest BCUT2D eigenvalue weighted by molar-refractivity contribution is -0.169. The fourth-order valence-corrected chi connectivity index (χ4v) is 3.78. The number of thiazole rings is 1. The van der Waals surface area contributed by atoms with Gasteiger partial charge >= 0.3 is 6.18 Å². The van der Waals surface area contributed by atoms with Gasteiger partial charge in [0.05, 0.1) is 23.7 Å². The van der Waals surface area contributed by atoms with E-state index in [1.54, 1.807) is 0 Å². The monoisotopic (exact) mass is 391 g/mol. The van der Waals surface area contributed by atoms with Crippen LogP contribution in [0, 0.1) is 0 Å². The molecule has 0 radical (unpaired) electrons. The summed E-state index contributed by atoms with van der Waals surface area (Å²) >= 11 is 7.34. The molecular weight excluding hydrogens is 375 g/mol. The first-order valence-electron chi connectivity index (χ1n) is 7.93. The average molecular weight is 392 g/mol. The van der Waals surface area contributed by atoms with Crippen molar-refractivity contribution >= 4 is 22.9 Å². The highest BCUT2D eigenvalue weighted by atomic mass is 35.5. The molecule has 8 heteroatoms. The summed E-state index contributed by atoms with van der Waals surface area (Å²) in [7, 11) is 0. The molecule has 0 amide bonds. The minimum absolute atomic E-state index is 0.229. The molecule has 3 nitrogen and oxygen atoms in total. The fraction of sp³-hybridized carbons (Fsp3) is 0.471. The van der Waals surface area contributed by atoms with Crippen molar-refractivity contribution in [2.24, 2.45) is 0 Å². The highest BCUT2D eigenvalue weighted by molar-refractivity contribution is 7.15. The third kappa shape index (κ3) is 4.73. The van der Waals surface area contributed by atoms with Crippen LogP contribution in [0.5, 0.6) is 0 Å². The molecule has 1 saturated heterocycles. The summed E-state index contributed by atoms with van der Waals surface area (Å²) in [5.74, 6) is 0.280. The van der Waals surface area contributed by atoms with Gasteiger partial charge in [0.15, 0.2) is 6.29 Å². The Bertz CT molecular complexity index is 697. The van der Waals surface area contributed by atoms with E-state index in [2.05, 4.69) is 4.98 Å². The van der Waals surface area contributed by atoms with Gasteiger partial charge in [-0.25, -0.2) is 4.98 Å². The largest absolute Gasteiger partial charge is 0.416 e. The van der Waals surface area contributed by atoms with E-state index >= 15 is 0 Å². The summed E-state index contributed by atoms with van der Waals surface area (Å²) in [4.78, 5) is 5.35. The zero-order valence-corrected chi connectivity index (χ0v) is 14.9. The van der Waals surface area contributed by atoms with E-state index in [9.17, 15) is 13.2 Å². The molecular formula is C17H17ClF3NO2S. The Morgan fingerprint density at radius 3 is 2.60 bits per heavy atom. The lowest BCUT2D eigenvalue weighted by Gasteiger charge is -2.22. The molecule has 1 unspecified atom stereocenters. The molecule has 1 aromatic carbocycles. The Hall–Kier alpha value is -1.15. The Morgan fingerprint density at radius 1 is 1.24 bits per heavy atom. The Morgan fingerprint density at radius 2 is 2.00 bits per heavy atom. The topological polar surface area (TPSA) is 31.4 Å². The molecule has 2 heterocycles. The summed E-state index contributed by atoms with van der Waals surface area (Å²) < 4.78 is 49.3. The number of halogens is 4. The molecule has 25 heavy (non-hydrogen) atoms. The first-order chi connectivity index (χ1) is 12.0. The number of hydrogen-bond acceptors (Lipinski definition) is 4. The second kappa shape index (κ2) is 8.03. The molecule has 1 fully saturated rings. The van der Waals surface area contributed by atoms with Crippen LogP contribution < -0.4 is 0 Å². The van der Waals surface area contributed by atoms with Gasteiger partial charge in [0, 0.05) is 17.0 Å². The highest BCUT2D eigenvalue weighted by Crippen LogP contribution is 2.33. The maximum absolute atomic E-state index is 12.7. The molecule has 3 rings (SSSR count). The lowest BCUT2D eigenvalue weighted by atomic mass is 10.1. The van der Waals surface area contributed by atoms with Crippen molar-refractivity contribution in [1.82, 2.24) is 4.98 Å². The Labute approximate surface area is 152 Å². The molecule has 0 bridgehead atoms. The number of aromatic nitrogens is 1. The summed E-state index contributed by atoms with van der Waals surface area (Å²) in [6.07, 6.45) is -1.61. The van der Waals surface area contributed by atoms with Crippen LogP contribution in [-0.4, -0.2) is 17.9 Å². The number of ether oxygens (including phenoxy) is 2. The van der Waals surface area contributed by atoms with Crippen LogP contribution in [0.2, 0.25) is 0 Å². The maximum Gasteiger partial charge on any atom is 0.416 e. The normalized spacial score (nSPS) is 18.5. The van der Waals surface area contributed by atoms with Crippen LogP contribution >= 0.6 is 22.9 Å². The minimum Gasteiger partial charge on any atom is -0.353 e. The molecule has 0 spiro atoms. The number of alkyl halides is 4. The van der Waals surface area contributed by atoms with Crippen molar-refractivity contribution in [2.75, 3.05) is 6.61 Å². The van der Waals surface area contributed by atoms with E-state index in [1.165, 1.54) is 23.5 Å². The van der Waals surface area contributed by atoms with Gasteiger partial charge in [0.2, 0.25) is 0 Å². The molecule has 1 aliphatic rings. The molecule has 1 atom stereocenters. The predicted molar refractivity (Wildman–Crippen MR) is 90.5 cm³/mol. The van der Waals surface area contributed by atoms with Gasteiger partial charge in [-0.1, -0.05) is 12.1 Å². The fourth-order valence-electron chi connectivity index (χ4n) is 2.54. The SMILES string of the molecule is FC(F)(F)c1ccc(-c2nc(COC3CCCCO3)c(CCl)s2)cc1. The quantitative estimate of drug-likeness (QED) is 0.621. The smallest absolute Gasteiger partial charge is 0.353 e. The van der Waals surface area contributed by atoms with Crippen LogP contribution in [0.3, 0.4) is 0 Å². The maximum atomic E-state index is 12.7. The van der Waals surface area contributed by atoms with Crippen LogP contribution in [0.25, 0.3) is 10.6 Å². The number of benzene rings is 1. The third-order valence-corrected chi connectivity index (χ3v) is 5.48. The van der Waals surface area contributed by atoms with Crippen molar-refractivity contribution in [3.8, 4) is 10.6 Å². The Kier molecular flexibility index (Phi) is 5.99. The van der Waals surface area contributed by atoms with E-state index < -0.39 is 11.7 Å². The van der Waals surface area contributed by atoms with Crippen molar-refractivity contribution in [2.45, 2.75) is 44.2 Å². The lowest BCUT2D eigenvalue weighted by Crippen LogP contribution is -2.22. The molecule has 1 aromatic heterocycles. The van der Waals surface area contributed by atoms with Crippen molar-refractivity contribution in [3.63, 3.8) is 0 Å². The van der Waals surface area contributed by atoms with Gasteiger partial charge in [0.1, 0.15) is 5.01 Å². The summed E-state index contributed by atoms with van der Waals surface area (Å²) in [6, 6.07) is 4.97. The van der Waals surface area contributed by atoms with Crippen molar-refractivity contribution < 1.29 is 22.6 Å². The van der Waals surface area contributed by atoms with Crippen LogP contribution in [0.15, 0.2) is 24.3 Å². The summed E-state index contributed by atoms with van der Waals surface area (Å²) in [6.45, 7) is 0.977. The highest BCUT2D eigenvalue weighted by Gasteiger charge is 2.30. The van der Waals surface area contributed by atoms with Crippen molar-refractivity contribution in [3.05, 3.63) is 40.4 Å². The zero-order chi connectivity index (χ0) is 17.9. The van der Waals surface area contributed by atoms with E-state index in [0.29, 0.717) is 22.9 Å². The first kappa shape index (κ1) is 18.6. The second-order valence-electron chi connectivity index (χ2n) is 5.70. The molecule has 0 aliphatic carbocycles. The molecule has 0 saturated carbocycles. The van der Waals surface area contributed by atoms with Gasteiger partial charge in [-0.05, 0) is 31.4 Å². The van der Waals surface area contributed by atoms with E-state index in [4.69, 9.17) is 21.1 Å². The van der Waals surface area contributed by atoms with Gasteiger partial charge in [-0.15, -0.1) is 22.9 Å². The number of nitrogens with zero attached hydrogens (tertiary/aromatic N) is 1. The van der Waals surface area contributed by atoms with Gasteiger partial charge in [0.25, 0.3) is 0 Å². The number of hydrogen-bond donors (Lipinski definition) is 0. The molecule has 1 aliphatic heterocycles. The third-order valence-electron chi connectivity index (χ3n) is 3.90. The van der Waals surface area contributed by atoms with E-state index in [1.807, 2.05) is 0 Å². The van der Waals surface area contributed by atoms with Gasteiger partial charge in [-0.2, -0.15) is 13.2 Å². The van der Waals surface area contributed by atoms with Gasteiger partial charge in [-0.3, -0.25) is 0 Å². The van der Waals surface area contributed by atoms with Gasteiger partial charge < -0.3 is 9.47 Å². The van der Waals surface area contributed by atoms with Crippen LogP contribution in [-0.2, 0) is 28.1 Å². The van der Waals surface area contributed by atoms with Crippen molar-refractivity contribution in [1.29, 1.82) is 0 Å². The van der Waals surface area contributed by atoms with Crippen LogP contribution in [0.1, 0.15) is 35.4 Å². The summed E-state index contributed by atoms with van der Waals surface area (Å²) in [5.41, 5.74) is 0.664. The Balaban J connectivity index is 1.73. The number of rotatable bonds is 5. The molecule has 2 aromatic rings. The molecule has 136 valence electrons. The van der Waals surface area contributed by atoms with E-state index in [-0.39, 0.29) is 18.8 Å². The predicted octanol–water partition coefficient (Wildman–Crippen LogP) is 5.61. The standard InChI is InChI=1S/C17H17ClF3NO2S/c18-9-14-13(10-24-15-3-1-2-8-23-15)22-16(25-14)11-4-6-12(7-5-11)17(19,20)21/h4-7,15H,1-3,8-10H2. The van der Waals surface area contributed by atoms with E-state index in [0.717, 1.165) is 36.3 Å². The first-order valence-corrected chi connectivity index (χ1v) is 9.28. The van der Waals surface area contributed by atoms with Crippen LogP contribution in [0.4, 0.5) is 13.2 Å². The summed E-state index contributed by atoms with van der Waals surface area (Å²) in [5, 5.41) is 0.632. The zero-order valence-electron chi connectivity index (χ0n) is 13.3.